The van der Waals surface area contributed by atoms with E-state index >= 15 is 0 Å². The predicted molar refractivity (Wildman–Crippen MR) is 112 cm³/mol. The van der Waals surface area contributed by atoms with Gasteiger partial charge >= 0.3 is 0 Å². The number of rotatable bonds is 9. The lowest BCUT2D eigenvalue weighted by Gasteiger charge is -2.02. The number of phenols is 1. The fourth-order valence-electron chi connectivity index (χ4n) is 2.68. The molecule has 0 atom stereocenters. The van der Waals surface area contributed by atoms with Gasteiger partial charge in [-0.1, -0.05) is 44.8 Å². The maximum absolute atomic E-state index is 9.76. The van der Waals surface area contributed by atoms with E-state index in [-0.39, 0.29) is 5.75 Å². The maximum atomic E-state index is 9.76. The van der Waals surface area contributed by atoms with Crippen LogP contribution in [0.25, 0.3) is 12.2 Å². The minimum absolute atomic E-state index is 0.229. The molecule has 0 radical (unpaired) electrons. The van der Waals surface area contributed by atoms with Crippen LogP contribution in [-0.4, -0.2) is 5.11 Å². The topological polar surface area (TPSA) is 24.1 Å². The van der Waals surface area contributed by atoms with Crippen LogP contribution in [0.2, 0.25) is 0 Å². The first-order chi connectivity index (χ1) is 12.1. The van der Waals surface area contributed by atoms with Crippen molar-refractivity contribution in [3.05, 3.63) is 56.7 Å². The van der Waals surface area contributed by atoms with Gasteiger partial charge in [0.05, 0.1) is 8.95 Å². The Morgan fingerprint density at radius 3 is 2.08 bits per heavy atom. The van der Waals surface area contributed by atoms with Gasteiger partial charge in [-0.15, -0.1) is 0 Å². The number of pyridine rings is 1. The summed E-state index contributed by atoms with van der Waals surface area (Å²) in [7, 11) is 0. The Bertz CT molecular complexity index is 673. The minimum atomic E-state index is 0.229. The summed E-state index contributed by atoms with van der Waals surface area (Å²) in [5.41, 5.74) is 2.19. The highest BCUT2D eigenvalue weighted by Gasteiger charge is 2.04. The van der Waals surface area contributed by atoms with Crippen molar-refractivity contribution in [2.75, 3.05) is 0 Å². The van der Waals surface area contributed by atoms with Crippen molar-refractivity contribution < 1.29 is 9.67 Å². The zero-order valence-electron chi connectivity index (χ0n) is 14.7. The van der Waals surface area contributed by atoms with Gasteiger partial charge in [0.25, 0.3) is 0 Å². The van der Waals surface area contributed by atoms with E-state index in [4.69, 9.17) is 0 Å². The van der Waals surface area contributed by atoms with Crippen LogP contribution in [0.15, 0.2) is 45.6 Å². The molecule has 0 aliphatic heterocycles. The third-order valence-electron chi connectivity index (χ3n) is 4.19. The van der Waals surface area contributed by atoms with Gasteiger partial charge in [0.1, 0.15) is 12.3 Å². The fourth-order valence-corrected chi connectivity index (χ4v) is 3.90. The summed E-state index contributed by atoms with van der Waals surface area (Å²) in [6.45, 7) is 3.35. The summed E-state index contributed by atoms with van der Waals surface area (Å²) in [6, 6.07) is 8.08. The molecule has 0 saturated heterocycles. The van der Waals surface area contributed by atoms with Crippen LogP contribution in [-0.2, 0) is 6.54 Å². The number of aryl methyl sites for hydroxylation is 1. The van der Waals surface area contributed by atoms with Gasteiger partial charge in [-0.2, -0.15) is 0 Å². The smallest absolute Gasteiger partial charge is 0.169 e. The molecule has 2 aromatic rings. The lowest BCUT2D eigenvalue weighted by Crippen LogP contribution is -2.32. The number of aromatic nitrogens is 1. The monoisotopic (exact) mass is 466 g/mol. The van der Waals surface area contributed by atoms with Crippen LogP contribution in [0.3, 0.4) is 0 Å². The van der Waals surface area contributed by atoms with E-state index in [1.54, 1.807) is 0 Å². The van der Waals surface area contributed by atoms with Crippen LogP contribution >= 0.6 is 31.9 Å². The van der Waals surface area contributed by atoms with Gasteiger partial charge in [-0.05, 0) is 61.5 Å². The quantitative estimate of drug-likeness (QED) is 0.320. The zero-order chi connectivity index (χ0) is 18.1. The first-order valence-electron chi connectivity index (χ1n) is 8.95. The van der Waals surface area contributed by atoms with E-state index in [2.05, 4.69) is 74.0 Å². The molecule has 1 heterocycles. The molecule has 0 aliphatic rings. The molecule has 0 aliphatic carbocycles. The summed E-state index contributed by atoms with van der Waals surface area (Å²) >= 11 is 6.72. The predicted octanol–water partition coefficient (Wildman–Crippen LogP) is 6.74. The zero-order valence-corrected chi connectivity index (χ0v) is 17.9. The maximum Gasteiger partial charge on any atom is 0.169 e. The van der Waals surface area contributed by atoms with Crippen molar-refractivity contribution in [2.24, 2.45) is 0 Å². The van der Waals surface area contributed by atoms with Gasteiger partial charge < -0.3 is 5.11 Å². The average Bonchev–Trinajstić information content (AvgIpc) is 2.61. The summed E-state index contributed by atoms with van der Waals surface area (Å²) in [5.74, 6) is 0.229. The third kappa shape index (κ3) is 6.95. The van der Waals surface area contributed by atoms with Crippen molar-refractivity contribution in [1.82, 2.24) is 0 Å². The largest absolute Gasteiger partial charge is 0.506 e. The highest BCUT2D eigenvalue weighted by molar-refractivity contribution is 9.11. The summed E-state index contributed by atoms with van der Waals surface area (Å²) < 4.78 is 3.63. The Balaban J connectivity index is 1.85. The molecule has 134 valence electrons. The summed E-state index contributed by atoms with van der Waals surface area (Å²) in [6.07, 6.45) is 16.4. The van der Waals surface area contributed by atoms with E-state index < -0.39 is 0 Å². The molecule has 25 heavy (non-hydrogen) atoms. The van der Waals surface area contributed by atoms with Crippen LogP contribution in [0.5, 0.6) is 5.75 Å². The Hall–Kier alpha value is -1.13. The molecule has 0 unspecified atom stereocenters. The molecule has 1 aromatic carbocycles. The minimum Gasteiger partial charge on any atom is -0.506 e. The van der Waals surface area contributed by atoms with Crippen molar-refractivity contribution in [3.8, 4) is 5.75 Å². The lowest BCUT2D eigenvalue weighted by molar-refractivity contribution is -0.697. The number of hydrogen-bond donors (Lipinski definition) is 1. The third-order valence-corrected chi connectivity index (χ3v) is 5.40. The molecular formula is C21H26Br2NO+. The number of halogens is 2. The molecule has 0 amide bonds. The summed E-state index contributed by atoms with van der Waals surface area (Å²) in [5, 5.41) is 9.76. The summed E-state index contributed by atoms with van der Waals surface area (Å²) in [4.78, 5) is 0. The van der Waals surface area contributed by atoms with Crippen molar-refractivity contribution >= 4 is 44.0 Å². The van der Waals surface area contributed by atoms with Gasteiger partial charge in [0.15, 0.2) is 12.4 Å². The normalized spacial score (nSPS) is 11.3. The Morgan fingerprint density at radius 1 is 0.880 bits per heavy atom. The van der Waals surface area contributed by atoms with Crippen LogP contribution in [0.1, 0.15) is 56.6 Å². The average molecular weight is 468 g/mol. The SMILES string of the molecule is CCCCCCCC[n+]1ccc(C=Cc2cc(Br)c(O)c(Br)c2)cc1. The number of nitrogens with zero attached hydrogens (tertiary/aromatic N) is 1. The van der Waals surface area contributed by atoms with Crippen LogP contribution in [0.4, 0.5) is 0 Å². The highest BCUT2D eigenvalue weighted by atomic mass is 79.9. The molecule has 2 nitrogen and oxygen atoms in total. The van der Waals surface area contributed by atoms with Gasteiger partial charge in [-0.25, -0.2) is 4.57 Å². The van der Waals surface area contributed by atoms with E-state index in [1.165, 1.54) is 44.1 Å². The Kier molecular flexibility index (Phi) is 8.70. The van der Waals surface area contributed by atoms with E-state index in [1.807, 2.05) is 18.2 Å². The fraction of sp³-hybridized carbons (Fsp3) is 0.381. The first-order valence-corrected chi connectivity index (χ1v) is 10.5. The Labute approximate surface area is 167 Å². The molecule has 0 spiro atoms. The molecule has 0 bridgehead atoms. The molecular weight excluding hydrogens is 442 g/mol. The molecule has 4 heteroatoms. The van der Waals surface area contributed by atoms with Crippen molar-refractivity contribution in [3.63, 3.8) is 0 Å². The molecule has 2 rings (SSSR count). The van der Waals surface area contributed by atoms with Crippen molar-refractivity contribution in [2.45, 2.75) is 52.0 Å². The number of unbranched alkanes of at least 4 members (excludes halogenated alkanes) is 5. The van der Waals surface area contributed by atoms with Gasteiger partial charge in [0.2, 0.25) is 0 Å². The second kappa shape index (κ2) is 10.8. The first kappa shape index (κ1) is 20.2. The van der Waals surface area contributed by atoms with Crippen LogP contribution < -0.4 is 4.57 Å². The molecule has 0 fully saturated rings. The Morgan fingerprint density at radius 2 is 1.44 bits per heavy atom. The molecule has 1 aromatic heterocycles. The number of hydrogen-bond acceptors (Lipinski definition) is 1. The van der Waals surface area contributed by atoms with E-state index in [0.717, 1.165) is 12.1 Å². The highest BCUT2D eigenvalue weighted by Crippen LogP contribution is 2.33. The van der Waals surface area contributed by atoms with Crippen molar-refractivity contribution in [1.29, 1.82) is 0 Å². The second-order valence-corrected chi connectivity index (χ2v) is 8.01. The molecule has 0 saturated carbocycles. The van der Waals surface area contributed by atoms with Crippen LogP contribution in [0, 0.1) is 0 Å². The van der Waals surface area contributed by atoms with Gasteiger partial charge in [0, 0.05) is 18.6 Å². The molecule has 1 N–H and O–H groups in total. The van der Waals surface area contributed by atoms with E-state index in [0.29, 0.717) is 8.95 Å². The standard InChI is InChI=1S/C21H25Br2NO/c1-2-3-4-5-6-7-12-24-13-10-17(11-14-24)8-9-18-15-19(22)21(25)20(23)16-18/h8-11,13-16H,2-7,12H2,1H3/p+1. The number of benzene rings is 1. The van der Waals surface area contributed by atoms with Gasteiger partial charge in [-0.3, -0.25) is 0 Å². The number of phenolic OH excluding ortho intramolecular Hbond substituents is 1. The second-order valence-electron chi connectivity index (χ2n) is 6.30. The number of aromatic hydroxyl groups is 1. The lowest BCUT2D eigenvalue weighted by atomic mass is 10.1. The van der Waals surface area contributed by atoms with E-state index in [9.17, 15) is 5.11 Å².